The van der Waals surface area contributed by atoms with Crippen LogP contribution in [0.4, 0.5) is 4.79 Å². The van der Waals surface area contributed by atoms with Crippen LogP contribution in [0.3, 0.4) is 0 Å². The highest BCUT2D eigenvalue weighted by Gasteiger charge is 2.28. The monoisotopic (exact) mass is 304 g/mol. The highest BCUT2D eigenvalue weighted by Crippen LogP contribution is 2.28. The molecule has 0 bridgehead atoms. The van der Waals surface area contributed by atoms with E-state index >= 15 is 0 Å². The summed E-state index contributed by atoms with van der Waals surface area (Å²) in [6, 6.07) is 10.6. The SMILES string of the molecule is COC(=O)NCCC(=O)N[C@H]1CCC[C@H]1Cc1ccccc1. The van der Waals surface area contributed by atoms with Crippen LogP contribution >= 0.6 is 0 Å². The van der Waals surface area contributed by atoms with Crippen molar-refractivity contribution in [2.45, 2.75) is 38.1 Å². The number of hydrogen-bond acceptors (Lipinski definition) is 3. The first-order valence-electron chi connectivity index (χ1n) is 7.84. The lowest BCUT2D eigenvalue weighted by Crippen LogP contribution is -2.39. The first-order valence-corrected chi connectivity index (χ1v) is 7.84. The second-order valence-corrected chi connectivity index (χ2v) is 5.72. The highest BCUT2D eigenvalue weighted by molar-refractivity contribution is 5.77. The van der Waals surface area contributed by atoms with Crippen LogP contribution in [0.15, 0.2) is 30.3 Å². The molecule has 22 heavy (non-hydrogen) atoms. The largest absolute Gasteiger partial charge is 0.453 e. The fourth-order valence-corrected chi connectivity index (χ4v) is 3.02. The smallest absolute Gasteiger partial charge is 0.406 e. The first-order chi connectivity index (χ1) is 10.7. The lowest BCUT2D eigenvalue weighted by molar-refractivity contribution is -0.121. The van der Waals surface area contributed by atoms with Gasteiger partial charge in [-0.25, -0.2) is 4.79 Å². The van der Waals surface area contributed by atoms with Gasteiger partial charge in [0.25, 0.3) is 0 Å². The van der Waals surface area contributed by atoms with Crippen molar-refractivity contribution in [3.63, 3.8) is 0 Å². The van der Waals surface area contributed by atoms with E-state index in [0.717, 1.165) is 25.7 Å². The number of rotatable bonds is 6. The van der Waals surface area contributed by atoms with Gasteiger partial charge in [0.1, 0.15) is 0 Å². The van der Waals surface area contributed by atoms with E-state index in [0.29, 0.717) is 12.5 Å². The Kier molecular flexibility index (Phi) is 6.25. The summed E-state index contributed by atoms with van der Waals surface area (Å²) in [6.07, 6.45) is 4.13. The second kappa shape index (κ2) is 8.41. The van der Waals surface area contributed by atoms with Gasteiger partial charge in [0.05, 0.1) is 7.11 Å². The predicted octanol–water partition coefficient (Wildman–Crippen LogP) is 2.26. The average molecular weight is 304 g/mol. The van der Waals surface area contributed by atoms with E-state index in [2.05, 4.69) is 39.6 Å². The Labute approximate surface area is 131 Å². The van der Waals surface area contributed by atoms with Crippen LogP contribution in [-0.4, -0.2) is 31.7 Å². The zero-order valence-electron chi connectivity index (χ0n) is 13.0. The number of benzene rings is 1. The Balaban J connectivity index is 1.76. The highest BCUT2D eigenvalue weighted by atomic mass is 16.5. The van der Waals surface area contributed by atoms with Gasteiger partial charge in [-0.2, -0.15) is 0 Å². The number of alkyl carbamates (subject to hydrolysis) is 1. The second-order valence-electron chi connectivity index (χ2n) is 5.72. The minimum absolute atomic E-state index is 0.0126. The van der Waals surface area contributed by atoms with Crippen LogP contribution in [0.1, 0.15) is 31.2 Å². The zero-order valence-corrected chi connectivity index (χ0v) is 13.0. The minimum atomic E-state index is -0.504. The molecular weight excluding hydrogens is 280 g/mol. The fourth-order valence-electron chi connectivity index (χ4n) is 3.02. The van der Waals surface area contributed by atoms with Gasteiger partial charge in [0.15, 0.2) is 0 Å². The molecule has 2 atom stereocenters. The first kappa shape index (κ1) is 16.3. The third-order valence-electron chi connectivity index (χ3n) is 4.15. The molecule has 1 fully saturated rings. The molecule has 0 unspecified atom stereocenters. The van der Waals surface area contributed by atoms with Crippen molar-refractivity contribution in [1.82, 2.24) is 10.6 Å². The summed E-state index contributed by atoms with van der Waals surface area (Å²) in [5, 5.41) is 5.63. The molecule has 1 aliphatic carbocycles. The molecule has 1 aliphatic rings. The van der Waals surface area contributed by atoms with Crippen LogP contribution in [0.5, 0.6) is 0 Å². The summed E-state index contributed by atoms with van der Waals surface area (Å²) >= 11 is 0. The van der Waals surface area contributed by atoms with E-state index < -0.39 is 6.09 Å². The molecule has 0 aliphatic heterocycles. The molecule has 120 valence electrons. The van der Waals surface area contributed by atoms with E-state index in [1.54, 1.807) is 0 Å². The molecule has 0 spiro atoms. The molecule has 1 aromatic carbocycles. The van der Waals surface area contributed by atoms with E-state index in [-0.39, 0.29) is 18.4 Å². The number of hydrogen-bond donors (Lipinski definition) is 2. The van der Waals surface area contributed by atoms with Crippen molar-refractivity contribution in [2.24, 2.45) is 5.92 Å². The van der Waals surface area contributed by atoms with Crippen LogP contribution < -0.4 is 10.6 Å². The fraction of sp³-hybridized carbons (Fsp3) is 0.529. The molecule has 0 aromatic heterocycles. The Morgan fingerprint density at radius 1 is 1.23 bits per heavy atom. The van der Waals surface area contributed by atoms with Crippen LogP contribution in [0, 0.1) is 5.92 Å². The third kappa shape index (κ3) is 5.06. The van der Waals surface area contributed by atoms with Gasteiger partial charge >= 0.3 is 6.09 Å². The lowest BCUT2D eigenvalue weighted by Gasteiger charge is -2.21. The van der Waals surface area contributed by atoms with Crippen molar-refractivity contribution in [3.8, 4) is 0 Å². The van der Waals surface area contributed by atoms with Crippen LogP contribution in [-0.2, 0) is 16.0 Å². The van der Waals surface area contributed by atoms with Gasteiger partial charge in [0.2, 0.25) is 5.91 Å². The molecular formula is C17H24N2O3. The third-order valence-corrected chi connectivity index (χ3v) is 4.15. The number of carbonyl (C=O) groups is 2. The average Bonchev–Trinajstić information content (AvgIpc) is 2.95. The number of amides is 2. The molecule has 0 heterocycles. The van der Waals surface area contributed by atoms with E-state index in [1.165, 1.54) is 12.7 Å². The summed E-state index contributed by atoms with van der Waals surface area (Å²) in [5.74, 6) is 0.487. The lowest BCUT2D eigenvalue weighted by atomic mass is 9.94. The van der Waals surface area contributed by atoms with Gasteiger partial charge in [-0.15, -0.1) is 0 Å². The molecule has 2 rings (SSSR count). The molecule has 5 heteroatoms. The van der Waals surface area contributed by atoms with Crippen LogP contribution in [0.25, 0.3) is 0 Å². The molecule has 2 amide bonds. The molecule has 5 nitrogen and oxygen atoms in total. The van der Waals surface area contributed by atoms with Gasteiger partial charge in [-0.05, 0) is 30.7 Å². The van der Waals surface area contributed by atoms with Crippen molar-refractivity contribution in [3.05, 3.63) is 35.9 Å². The number of carbonyl (C=O) groups excluding carboxylic acids is 2. The minimum Gasteiger partial charge on any atom is -0.453 e. The molecule has 1 aromatic rings. The summed E-state index contributed by atoms with van der Waals surface area (Å²) in [7, 11) is 1.31. The Bertz CT molecular complexity index is 490. The maximum Gasteiger partial charge on any atom is 0.406 e. The van der Waals surface area contributed by atoms with Gasteiger partial charge in [-0.1, -0.05) is 36.8 Å². The van der Waals surface area contributed by atoms with Crippen molar-refractivity contribution in [1.29, 1.82) is 0 Å². The summed E-state index contributed by atoms with van der Waals surface area (Å²) in [4.78, 5) is 22.9. The maximum absolute atomic E-state index is 12.0. The summed E-state index contributed by atoms with van der Waals surface area (Å²) < 4.78 is 4.47. The van der Waals surface area contributed by atoms with Gasteiger partial charge in [-0.3, -0.25) is 4.79 Å². The Morgan fingerprint density at radius 3 is 2.73 bits per heavy atom. The van der Waals surface area contributed by atoms with E-state index in [1.807, 2.05) is 6.07 Å². The molecule has 1 saturated carbocycles. The van der Waals surface area contributed by atoms with Crippen molar-refractivity contribution < 1.29 is 14.3 Å². The number of ether oxygens (including phenoxy) is 1. The number of nitrogens with one attached hydrogen (secondary N) is 2. The summed E-state index contributed by atoms with van der Waals surface area (Å²) in [5.41, 5.74) is 1.32. The maximum atomic E-state index is 12.0. The van der Waals surface area contributed by atoms with Crippen molar-refractivity contribution >= 4 is 12.0 Å². The predicted molar refractivity (Wildman–Crippen MR) is 84.4 cm³/mol. The molecule has 2 N–H and O–H groups in total. The normalized spacial score (nSPS) is 20.4. The Morgan fingerprint density at radius 2 is 2.00 bits per heavy atom. The quantitative estimate of drug-likeness (QED) is 0.847. The Hall–Kier alpha value is -2.04. The van der Waals surface area contributed by atoms with Crippen molar-refractivity contribution in [2.75, 3.05) is 13.7 Å². The topological polar surface area (TPSA) is 67.4 Å². The van der Waals surface area contributed by atoms with E-state index in [9.17, 15) is 9.59 Å². The van der Waals surface area contributed by atoms with E-state index in [4.69, 9.17) is 0 Å². The summed E-state index contributed by atoms with van der Waals surface area (Å²) in [6.45, 7) is 0.300. The molecule has 0 radical (unpaired) electrons. The zero-order chi connectivity index (χ0) is 15.8. The van der Waals surface area contributed by atoms with Gasteiger partial charge in [0, 0.05) is 19.0 Å². The van der Waals surface area contributed by atoms with Gasteiger partial charge < -0.3 is 15.4 Å². The number of methoxy groups -OCH3 is 1. The van der Waals surface area contributed by atoms with Crippen LogP contribution in [0.2, 0.25) is 0 Å². The molecule has 0 saturated heterocycles. The standard InChI is InChI=1S/C17H24N2O3/c1-22-17(21)18-11-10-16(20)19-15-9-5-8-14(15)12-13-6-3-2-4-7-13/h2-4,6-7,14-15H,5,8-12H2,1H3,(H,18,21)(H,19,20)/t14-,15-/m0/s1.